The zero-order chi connectivity index (χ0) is 17.8. The molecule has 1 spiro atoms. The molecular weight excluding hydrogens is 447 g/mol. The predicted octanol–water partition coefficient (Wildman–Crippen LogP) is 4.79. The van der Waals surface area contributed by atoms with E-state index in [4.69, 9.17) is 16.3 Å². The minimum Gasteiger partial charge on any atom is -0.462 e. The molecule has 0 aliphatic heterocycles. The highest BCUT2D eigenvalue weighted by atomic mass is 79.9. The molecule has 0 aromatic rings. The zero-order valence-corrected chi connectivity index (χ0v) is 18.4. The zero-order valence-electron chi connectivity index (χ0n) is 14.5. The molecule has 0 radical (unpaired) electrons. The van der Waals surface area contributed by atoms with Crippen molar-refractivity contribution in [2.45, 2.75) is 86.5 Å². The SMILES string of the molecule is CC(=O)O[C@H]1C[C@](C)(Cl)[C@@H](Br)C[C@@]12C(C)(C)[C@H](Br)CC[C@@]2(C)O. The molecule has 6 atom stereocenters. The number of alkyl halides is 3. The molecule has 0 heterocycles. The van der Waals surface area contributed by atoms with E-state index < -0.39 is 22.0 Å². The average Bonchev–Trinajstić information content (AvgIpc) is 2.37. The summed E-state index contributed by atoms with van der Waals surface area (Å²) in [5.74, 6) is -0.321. The number of carbonyl (C=O) groups excluding carboxylic acids is 1. The lowest BCUT2D eigenvalue weighted by molar-refractivity contribution is -0.238. The average molecular weight is 475 g/mol. The molecular formula is C17H27Br2ClO3. The number of carbonyl (C=O) groups is 1. The van der Waals surface area contributed by atoms with Gasteiger partial charge in [0, 0.05) is 28.4 Å². The Hall–Kier alpha value is 0.680. The first-order chi connectivity index (χ1) is 10.3. The second-order valence-electron chi connectivity index (χ2n) is 8.23. The molecule has 2 saturated carbocycles. The maximum atomic E-state index is 11.8. The van der Waals surface area contributed by atoms with E-state index in [1.54, 1.807) is 0 Å². The van der Waals surface area contributed by atoms with E-state index in [0.717, 1.165) is 6.42 Å². The fourth-order valence-corrected chi connectivity index (χ4v) is 6.40. The summed E-state index contributed by atoms with van der Waals surface area (Å²) in [7, 11) is 0. The highest BCUT2D eigenvalue weighted by Gasteiger charge is 2.69. The van der Waals surface area contributed by atoms with Crippen molar-refractivity contribution in [1.29, 1.82) is 0 Å². The Labute approximate surface area is 161 Å². The Morgan fingerprint density at radius 1 is 1.17 bits per heavy atom. The van der Waals surface area contributed by atoms with Crippen LogP contribution in [0.2, 0.25) is 0 Å². The van der Waals surface area contributed by atoms with E-state index >= 15 is 0 Å². The molecule has 0 unspecified atom stereocenters. The first-order valence-corrected chi connectivity index (χ1v) is 10.4. The first kappa shape index (κ1) is 20.0. The van der Waals surface area contributed by atoms with Crippen molar-refractivity contribution in [3.8, 4) is 0 Å². The Morgan fingerprint density at radius 3 is 2.26 bits per heavy atom. The quantitative estimate of drug-likeness (QED) is 0.439. The molecule has 23 heavy (non-hydrogen) atoms. The van der Waals surface area contributed by atoms with E-state index in [-0.39, 0.29) is 21.0 Å². The molecule has 0 saturated heterocycles. The summed E-state index contributed by atoms with van der Waals surface area (Å²) < 4.78 is 5.76. The summed E-state index contributed by atoms with van der Waals surface area (Å²) in [6.07, 6.45) is 2.32. The maximum Gasteiger partial charge on any atom is 0.302 e. The number of hydrogen-bond acceptors (Lipinski definition) is 3. The number of aliphatic hydroxyl groups is 1. The number of esters is 1. The van der Waals surface area contributed by atoms with Gasteiger partial charge in [0.2, 0.25) is 0 Å². The Kier molecular flexibility index (Phi) is 5.34. The fourth-order valence-electron chi connectivity index (χ4n) is 4.84. The van der Waals surface area contributed by atoms with Crippen LogP contribution in [0.3, 0.4) is 0 Å². The summed E-state index contributed by atoms with van der Waals surface area (Å²) >= 11 is 14.2. The third-order valence-electron chi connectivity index (χ3n) is 6.38. The molecule has 0 amide bonds. The molecule has 1 N–H and O–H groups in total. The van der Waals surface area contributed by atoms with Gasteiger partial charge in [-0.15, -0.1) is 11.6 Å². The molecule has 2 aliphatic rings. The van der Waals surface area contributed by atoms with Crippen LogP contribution in [0.4, 0.5) is 0 Å². The van der Waals surface area contributed by atoms with E-state index in [1.807, 2.05) is 13.8 Å². The van der Waals surface area contributed by atoms with E-state index in [9.17, 15) is 9.90 Å². The van der Waals surface area contributed by atoms with Crippen molar-refractivity contribution in [2.24, 2.45) is 10.8 Å². The maximum absolute atomic E-state index is 11.8. The van der Waals surface area contributed by atoms with Crippen LogP contribution < -0.4 is 0 Å². The minimum atomic E-state index is -0.930. The largest absolute Gasteiger partial charge is 0.462 e. The van der Waals surface area contributed by atoms with Crippen LogP contribution in [-0.2, 0) is 9.53 Å². The van der Waals surface area contributed by atoms with Gasteiger partial charge in [-0.3, -0.25) is 4.79 Å². The smallest absolute Gasteiger partial charge is 0.302 e. The number of ether oxygens (including phenoxy) is 1. The standard InChI is InChI=1S/C17H27Br2ClO3/c1-10(21)23-13-9-15(4,20)12(19)8-17(13)14(2,3)11(18)6-7-16(17,5)22/h11-13,22H,6-9H2,1-5H3/t11-,12+,13+,15+,16-,17+/m1/s1. The van der Waals surface area contributed by atoms with Gasteiger partial charge in [-0.05, 0) is 38.5 Å². The molecule has 3 nitrogen and oxygen atoms in total. The van der Waals surface area contributed by atoms with Gasteiger partial charge in [0.15, 0.2) is 0 Å². The fraction of sp³-hybridized carbons (Fsp3) is 0.941. The lowest BCUT2D eigenvalue weighted by Gasteiger charge is -2.66. The number of halogens is 3. The lowest BCUT2D eigenvalue weighted by atomic mass is 9.45. The topological polar surface area (TPSA) is 46.5 Å². The van der Waals surface area contributed by atoms with Crippen LogP contribution in [0.15, 0.2) is 0 Å². The highest BCUT2D eigenvalue weighted by molar-refractivity contribution is 9.09. The summed E-state index contributed by atoms with van der Waals surface area (Å²) in [6, 6.07) is 0. The van der Waals surface area contributed by atoms with Crippen LogP contribution in [0, 0.1) is 10.8 Å². The molecule has 134 valence electrons. The van der Waals surface area contributed by atoms with Crippen LogP contribution in [0.5, 0.6) is 0 Å². The van der Waals surface area contributed by atoms with Crippen molar-refractivity contribution in [1.82, 2.24) is 0 Å². The molecule has 2 rings (SSSR count). The molecule has 0 aromatic carbocycles. The molecule has 0 aromatic heterocycles. The van der Waals surface area contributed by atoms with Gasteiger partial charge in [0.1, 0.15) is 6.10 Å². The van der Waals surface area contributed by atoms with Crippen LogP contribution in [0.25, 0.3) is 0 Å². The second kappa shape index (κ2) is 6.14. The number of hydrogen-bond donors (Lipinski definition) is 1. The second-order valence-corrected chi connectivity index (χ2v) is 11.3. The normalized spacial score (nSPS) is 49.9. The van der Waals surface area contributed by atoms with Gasteiger partial charge >= 0.3 is 5.97 Å². The molecule has 6 heteroatoms. The molecule has 2 aliphatic carbocycles. The Bertz CT molecular complexity index is 492. The summed E-state index contributed by atoms with van der Waals surface area (Å²) in [5.41, 5.74) is -1.75. The summed E-state index contributed by atoms with van der Waals surface area (Å²) in [5, 5.41) is 11.4. The summed E-state index contributed by atoms with van der Waals surface area (Å²) in [4.78, 5) is 11.5. The third-order valence-corrected chi connectivity index (χ3v) is 9.99. The minimum absolute atomic E-state index is 0.0343. The lowest BCUT2D eigenvalue weighted by Crippen LogP contribution is -2.71. The molecule has 2 fully saturated rings. The van der Waals surface area contributed by atoms with Crippen molar-refractivity contribution >= 4 is 49.4 Å². The monoisotopic (exact) mass is 472 g/mol. The summed E-state index contributed by atoms with van der Waals surface area (Å²) in [6.45, 7) is 9.60. The van der Waals surface area contributed by atoms with Gasteiger partial charge in [0.25, 0.3) is 0 Å². The van der Waals surface area contributed by atoms with Gasteiger partial charge in [-0.2, -0.15) is 0 Å². The van der Waals surface area contributed by atoms with Crippen LogP contribution in [0.1, 0.15) is 60.3 Å². The van der Waals surface area contributed by atoms with E-state index in [2.05, 4.69) is 45.7 Å². The van der Waals surface area contributed by atoms with Crippen molar-refractivity contribution in [2.75, 3.05) is 0 Å². The highest BCUT2D eigenvalue weighted by Crippen LogP contribution is 2.66. The Balaban J connectivity index is 2.61. The van der Waals surface area contributed by atoms with E-state index in [0.29, 0.717) is 19.3 Å². The van der Waals surface area contributed by atoms with Gasteiger partial charge in [-0.1, -0.05) is 45.7 Å². The molecule has 0 bridgehead atoms. The third kappa shape index (κ3) is 3.02. The van der Waals surface area contributed by atoms with Gasteiger partial charge in [-0.25, -0.2) is 0 Å². The first-order valence-electron chi connectivity index (χ1n) is 8.14. The van der Waals surface area contributed by atoms with Gasteiger partial charge in [0.05, 0.1) is 10.5 Å². The number of rotatable bonds is 1. The predicted molar refractivity (Wildman–Crippen MR) is 101 cm³/mol. The van der Waals surface area contributed by atoms with Crippen molar-refractivity contribution < 1.29 is 14.6 Å². The van der Waals surface area contributed by atoms with Gasteiger partial charge < -0.3 is 9.84 Å². The van der Waals surface area contributed by atoms with Crippen LogP contribution in [-0.4, -0.2) is 37.3 Å². The Morgan fingerprint density at radius 2 is 1.74 bits per heavy atom. The van der Waals surface area contributed by atoms with Crippen molar-refractivity contribution in [3.05, 3.63) is 0 Å². The van der Waals surface area contributed by atoms with E-state index in [1.165, 1.54) is 6.92 Å². The van der Waals surface area contributed by atoms with Crippen molar-refractivity contribution in [3.63, 3.8) is 0 Å². The van der Waals surface area contributed by atoms with Crippen LogP contribution >= 0.6 is 43.5 Å².